The summed E-state index contributed by atoms with van der Waals surface area (Å²) in [5.41, 5.74) is 2.22. The first-order chi connectivity index (χ1) is 63.3. The molecule has 0 aliphatic heterocycles. The van der Waals surface area contributed by atoms with Gasteiger partial charge in [-0.3, -0.25) is 0 Å². The van der Waals surface area contributed by atoms with E-state index in [1.807, 2.05) is 817 Å². The number of para-hydroxylation sites is 1. The van der Waals surface area contributed by atoms with Crippen molar-refractivity contribution in [2.45, 2.75) is 0 Å². The standard InChI is InChI=1S/C20H15N.S106/c1-2-7-17(8-3-1)21-18-13-12-16-11-10-15-6-4-5-9-19(15)20(16)14-18;1-3-5-7-9-11-13-15-17-19-21-23-25-27-29-31-33-35-37-39-41-43-45-47-49-51-53-55-57-59-61-63-65-67-69-71-73-75-77-79-81-83-85-87-89-91-93-95-97-99-101-103-105-106-104-102-100-98-96-94-92-90-88-86-84-82-80-78-76-74-72-70-68-66-64-62-60-58-56-54-52-50-48-46-44-42-40-38-36-34-32-30-28-26-24-22-20-18-16-14-12-10-8-6-4-2/h1-14,21H;. The predicted molar refractivity (Wildman–Crippen MR) is 872 cm³/mol. The van der Waals surface area contributed by atoms with Crippen LogP contribution in [0, 0.1) is 0 Å². The second kappa shape index (κ2) is 125. The number of benzene rings is 4. The van der Waals surface area contributed by atoms with Crippen molar-refractivity contribution < 1.29 is 0 Å². The highest BCUT2D eigenvalue weighted by molar-refractivity contribution is 8.88. The molecule has 0 amide bonds. The van der Waals surface area contributed by atoms with E-state index in [2.05, 4.69) is 72.0 Å². The molecule has 0 radical (unpaired) electrons. The minimum atomic E-state index is 1.11. The van der Waals surface area contributed by atoms with Gasteiger partial charge in [-0.1, -0.05) is 60.7 Å². The van der Waals surface area contributed by atoms with Crippen LogP contribution < -0.4 is 5.32 Å². The Bertz CT molecular complexity index is 9660. The highest BCUT2D eigenvalue weighted by atomic mass is 33.6. The summed E-state index contributed by atoms with van der Waals surface area (Å²) in [4.78, 5) is 0. The highest BCUT2D eigenvalue weighted by Crippen LogP contribution is 2.29. The van der Waals surface area contributed by atoms with Gasteiger partial charge in [-0.05, 0) is 45.8 Å². The molecule has 0 bridgehead atoms. The molecule has 0 spiro atoms. The van der Waals surface area contributed by atoms with Gasteiger partial charge in [-0.15, -0.1) is 0 Å². The van der Waals surface area contributed by atoms with E-state index in [4.69, 9.17) is 22.4 Å². The molecule has 1 nitrogen and oxygen atoms in total. The van der Waals surface area contributed by atoms with Crippen molar-refractivity contribution in [3.05, 3.63) is 84.9 Å². The van der Waals surface area contributed by atoms with Gasteiger partial charge in [-0.2, -0.15) is 0 Å². The van der Waals surface area contributed by atoms with Crippen LogP contribution in [0.2, 0.25) is 0 Å². The number of hydrogen-bond donors (Lipinski definition) is 1. The first-order valence-corrected chi connectivity index (χ1v) is 165. The van der Waals surface area contributed by atoms with Crippen LogP contribution in [0.4, 0.5) is 11.4 Å². The van der Waals surface area contributed by atoms with Crippen LogP contribution in [0.15, 0.2) is 84.9 Å². The van der Waals surface area contributed by atoms with E-state index in [-0.39, 0.29) is 0 Å². The van der Waals surface area contributed by atoms with E-state index in [0.29, 0.717) is 0 Å². The second-order valence-corrected chi connectivity index (χ2v) is 196. The number of fused-ring (bicyclic) bond motifs is 3. The molecule has 0 saturated heterocycles. The maximum atomic E-state index is 4.83. The molecule has 0 saturated carbocycles. The third-order valence-corrected chi connectivity index (χ3v) is 236. The largest absolute Gasteiger partial charge is 0.356 e. The van der Waals surface area contributed by atoms with Gasteiger partial charge in [0.15, 0.2) is 0 Å². The molecule has 0 heterocycles. The molecule has 4 rings (SSSR count). The van der Waals surface area contributed by atoms with Crippen molar-refractivity contribution in [2.24, 2.45) is 0 Å². The SMILES string of the molecule is S=S=S=S=S=S=S=S=S=S=S=S=S=S=S=S=S=S=S=S=S=S=S=S=S=S=S=S=S=S=S=S=S=S=S=S=S=S=S=S=S=S=S=S=S=S=S=S=S=S=S=S=S=S=S=S=S=S=S=S=S=S=S=S=S=S=S=S=S=S=S=S=S=S=S=S=S=S=S=S=S=S=S=S=S=S=S=S=S=S=S=S=S=S=S=S=S=S=S=S=S=S=S=S=S=S.c1ccc(Nc2ccc3ccc4ccccc4c3c2)cc1. The van der Waals surface area contributed by atoms with Crippen LogP contribution in [-0.2, 0) is 946 Å². The topological polar surface area (TPSA) is 12.0 Å². The van der Waals surface area contributed by atoms with Gasteiger partial charge < -0.3 is 5.32 Å². The Labute approximate surface area is 1040 Å². The van der Waals surface area contributed by atoms with Crippen LogP contribution in [-0.4, -0.2) is 0 Å². The molecule has 1 N–H and O–H groups in total. The van der Waals surface area contributed by atoms with E-state index in [9.17, 15) is 0 Å². The Hall–Kier alpha value is 20.5. The molecule has 0 atom stereocenters. The first kappa shape index (κ1) is 142. The number of nitrogens with one attached hydrogen (secondary N) is 1. The van der Waals surface area contributed by atoms with E-state index in [0.717, 1.165) is 11.4 Å². The van der Waals surface area contributed by atoms with Crippen molar-refractivity contribution in [3.63, 3.8) is 0 Å². The average Bonchev–Trinajstić information content (AvgIpc) is 0.788. The average molecular weight is 3670 g/mol. The lowest BCUT2D eigenvalue weighted by Crippen LogP contribution is -1.89. The van der Waals surface area contributed by atoms with Crippen LogP contribution in [0.3, 0.4) is 0 Å². The highest BCUT2D eigenvalue weighted by Gasteiger charge is 2.02. The Morgan fingerprint density at radius 3 is 0.417 bits per heavy atom. The summed E-state index contributed by atoms with van der Waals surface area (Å²) in [5.74, 6) is 0. The normalized spacial score (nSPS) is 8.38. The Morgan fingerprint density at radius 2 is 0.252 bits per heavy atom. The molecule has 0 aromatic heterocycles. The molecule has 127 heavy (non-hydrogen) atoms. The number of rotatable bonds is 2. The monoisotopic (exact) mass is 3660 g/mol. The van der Waals surface area contributed by atoms with E-state index >= 15 is 0 Å². The van der Waals surface area contributed by atoms with Gasteiger partial charge in [0.1, 0.15) is 0 Å². The van der Waals surface area contributed by atoms with Crippen LogP contribution in [0.5, 0.6) is 0 Å². The zero-order chi connectivity index (χ0) is 89.6. The van der Waals surface area contributed by atoms with Crippen molar-refractivity contribution in [3.8, 4) is 0 Å². The third kappa shape index (κ3) is 108. The molecule has 0 fully saturated rings. The summed E-state index contributed by atoms with van der Waals surface area (Å²) in [6.07, 6.45) is 0. The van der Waals surface area contributed by atoms with Gasteiger partial charge in [0.05, 0.1) is 0 Å². The Morgan fingerprint density at radius 1 is 0.118 bits per heavy atom. The predicted octanol–water partition coefficient (Wildman–Crippen LogP) is 5.48. The zero-order valence-corrected chi connectivity index (χ0v) is 141. The fourth-order valence-corrected chi connectivity index (χ4v) is 284. The summed E-state index contributed by atoms with van der Waals surface area (Å²) < 4.78 is 0. The Kier molecular flexibility index (Phi) is 139. The van der Waals surface area contributed by atoms with Gasteiger partial charge in [0.25, 0.3) is 0 Å². The van der Waals surface area contributed by atoms with Crippen molar-refractivity contribution in [1.29, 1.82) is 0 Å². The molecule has 0 aliphatic carbocycles. The smallest absolute Gasteiger partial charge is 0.0390 e. The molecular weight excluding hydrogens is 3650 g/mol. The van der Waals surface area contributed by atoms with Crippen LogP contribution >= 0.6 is 0 Å². The van der Waals surface area contributed by atoms with Gasteiger partial charge >= 0.3 is 0 Å². The number of hydrogen-bond acceptors (Lipinski definition) is 3. The van der Waals surface area contributed by atoms with Gasteiger partial charge in [0.2, 0.25) is 0 Å². The van der Waals surface area contributed by atoms with E-state index < -0.39 is 0 Å². The summed E-state index contributed by atoms with van der Waals surface area (Å²) in [6.45, 7) is 0. The lowest BCUT2D eigenvalue weighted by atomic mass is 10.0. The molecule has 736 valence electrons. The minimum absolute atomic E-state index is 1.11. The van der Waals surface area contributed by atoms with Crippen molar-refractivity contribution in [2.75, 3.05) is 5.32 Å². The quantitative estimate of drug-likeness (QED) is 0.268. The fourth-order valence-electron chi connectivity index (χ4n) is 3.92. The van der Waals surface area contributed by atoms with E-state index in [1.54, 1.807) is 107 Å². The Balaban J connectivity index is 0.00000169. The van der Waals surface area contributed by atoms with Gasteiger partial charge in [-0.25, -0.2) is 0 Å². The first-order valence-electron chi connectivity index (χ1n) is 24.6. The van der Waals surface area contributed by atoms with Crippen LogP contribution in [0.1, 0.15) is 0 Å². The lowest BCUT2D eigenvalue weighted by molar-refractivity contribution is 1.57. The fraction of sp³-hybridized carbons (Fsp3) is 0. The number of anilines is 2. The molecule has 4 aromatic carbocycles. The minimum Gasteiger partial charge on any atom is -0.356 e. The molecule has 107 heteroatoms. The molecule has 0 unspecified atom stereocenters. The summed E-state index contributed by atoms with van der Waals surface area (Å²) >= 11 is 9.66. The van der Waals surface area contributed by atoms with Crippen LogP contribution in [0.25, 0.3) is 21.5 Å². The second-order valence-electron chi connectivity index (χ2n) is 12.3. The lowest BCUT2D eigenvalue weighted by Gasteiger charge is -2.09. The molecule has 4 aromatic rings. The maximum absolute atomic E-state index is 4.83. The summed E-state index contributed by atoms with van der Waals surface area (Å²) in [6, 6.07) is 29.7. The molecular formula is C20H15NS106. The van der Waals surface area contributed by atoms with E-state index in [1.165, 1.54) is 39.3 Å². The van der Waals surface area contributed by atoms with Crippen molar-refractivity contribution >= 4 is 979 Å². The maximum Gasteiger partial charge on any atom is 0.0390 e. The van der Waals surface area contributed by atoms with Crippen molar-refractivity contribution in [1.82, 2.24) is 0 Å². The zero-order valence-electron chi connectivity index (χ0n) is 54.9. The van der Waals surface area contributed by atoms with Gasteiger partial charge in [0, 0.05) is 957 Å². The summed E-state index contributed by atoms with van der Waals surface area (Å²) in [7, 11) is 188. The molecule has 0 aliphatic rings. The third-order valence-electron chi connectivity index (χ3n) is 6.67. The summed E-state index contributed by atoms with van der Waals surface area (Å²) in [5, 5.41) is 8.59.